The van der Waals surface area contributed by atoms with Gasteiger partial charge in [0.05, 0.1) is 19.9 Å². The third-order valence-electron chi connectivity index (χ3n) is 4.71. The SMILES string of the molecule is CCC1(c2ccccc2)C(=O)NC(=O)N(CN2CCOCC2)C1=O.CC[O-]. The van der Waals surface area contributed by atoms with Gasteiger partial charge in [-0.25, -0.2) is 9.69 Å². The molecule has 4 amide bonds. The fraction of sp³-hybridized carbons (Fsp3) is 0.526. The van der Waals surface area contributed by atoms with E-state index in [-0.39, 0.29) is 19.7 Å². The number of morpholine rings is 1. The normalized spacial score (nSPS) is 23.5. The fourth-order valence-corrected chi connectivity index (χ4v) is 3.26. The zero-order chi connectivity index (χ0) is 19.9. The summed E-state index contributed by atoms with van der Waals surface area (Å²) in [5.41, 5.74) is -0.754. The lowest BCUT2D eigenvalue weighted by atomic mass is 9.75. The van der Waals surface area contributed by atoms with E-state index in [0.29, 0.717) is 31.9 Å². The number of benzene rings is 1. The number of hydrogen-bond donors (Lipinski definition) is 1. The zero-order valence-corrected chi connectivity index (χ0v) is 15.8. The average molecular weight is 376 g/mol. The summed E-state index contributed by atoms with van der Waals surface area (Å²) in [7, 11) is 0. The Morgan fingerprint density at radius 1 is 1.11 bits per heavy atom. The maximum absolute atomic E-state index is 13.2. The number of carbonyl (C=O) groups excluding carboxylic acids is 3. The number of hydrogen-bond acceptors (Lipinski definition) is 6. The van der Waals surface area contributed by atoms with Crippen LogP contribution in [0.3, 0.4) is 0 Å². The van der Waals surface area contributed by atoms with E-state index in [0.717, 1.165) is 4.90 Å². The Hall–Kier alpha value is -2.29. The average Bonchev–Trinajstić information content (AvgIpc) is 2.68. The van der Waals surface area contributed by atoms with Crippen molar-refractivity contribution in [2.45, 2.75) is 25.7 Å². The van der Waals surface area contributed by atoms with Gasteiger partial charge in [-0.3, -0.25) is 19.8 Å². The number of urea groups is 1. The second-order valence-electron chi connectivity index (χ2n) is 6.28. The molecule has 0 aromatic heterocycles. The predicted molar refractivity (Wildman–Crippen MR) is 96.6 cm³/mol. The van der Waals surface area contributed by atoms with Crippen molar-refractivity contribution >= 4 is 17.8 Å². The van der Waals surface area contributed by atoms with Crippen molar-refractivity contribution in [2.75, 3.05) is 39.6 Å². The van der Waals surface area contributed by atoms with Gasteiger partial charge in [0.2, 0.25) is 5.91 Å². The number of nitrogens with one attached hydrogen (secondary N) is 1. The highest BCUT2D eigenvalue weighted by molar-refractivity contribution is 6.22. The summed E-state index contributed by atoms with van der Waals surface area (Å²) in [6.45, 7) is 5.95. The molecule has 2 aliphatic heterocycles. The van der Waals surface area contributed by atoms with E-state index in [9.17, 15) is 14.4 Å². The highest BCUT2D eigenvalue weighted by Crippen LogP contribution is 2.33. The lowest BCUT2D eigenvalue weighted by Gasteiger charge is -2.41. The van der Waals surface area contributed by atoms with E-state index < -0.39 is 23.3 Å². The Morgan fingerprint density at radius 3 is 2.26 bits per heavy atom. The molecule has 0 saturated carbocycles. The number of rotatable bonds is 4. The summed E-state index contributed by atoms with van der Waals surface area (Å²) in [6.07, 6.45) is 0.286. The first-order valence-electron chi connectivity index (χ1n) is 9.12. The molecule has 2 fully saturated rings. The van der Waals surface area contributed by atoms with E-state index in [2.05, 4.69) is 5.32 Å². The molecule has 1 aromatic carbocycles. The lowest BCUT2D eigenvalue weighted by Crippen LogP contribution is -2.67. The van der Waals surface area contributed by atoms with E-state index in [1.165, 1.54) is 0 Å². The minimum absolute atomic E-state index is 0. The van der Waals surface area contributed by atoms with Crippen molar-refractivity contribution in [3.05, 3.63) is 35.9 Å². The van der Waals surface area contributed by atoms with Crippen LogP contribution in [0.25, 0.3) is 0 Å². The van der Waals surface area contributed by atoms with Gasteiger partial charge in [0.25, 0.3) is 5.91 Å². The predicted octanol–water partition coefficient (Wildman–Crippen LogP) is 0.0691. The number of imide groups is 2. The monoisotopic (exact) mass is 376 g/mol. The molecule has 8 heteroatoms. The van der Waals surface area contributed by atoms with Crippen LogP contribution in [-0.4, -0.2) is 67.2 Å². The van der Waals surface area contributed by atoms with Crippen LogP contribution in [0, 0.1) is 0 Å². The maximum atomic E-state index is 13.2. The van der Waals surface area contributed by atoms with Gasteiger partial charge in [0, 0.05) is 13.1 Å². The van der Waals surface area contributed by atoms with Crippen molar-refractivity contribution in [3.8, 4) is 0 Å². The molecule has 27 heavy (non-hydrogen) atoms. The van der Waals surface area contributed by atoms with Crippen molar-refractivity contribution in [1.29, 1.82) is 0 Å². The smallest absolute Gasteiger partial charge is 0.331 e. The topological polar surface area (TPSA) is 102 Å². The first-order valence-corrected chi connectivity index (χ1v) is 9.12. The van der Waals surface area contributed by atoms with Crippen LogP contribution in [0.4, 0.5) is 4.79 Å². The zero-order valence-electron chi connectivity index (χ0n) is 15.8. The second-order valence-corrected chi connectivity index (χ2v) is 6.28. The van der Waals surface area contributed by atoms with Crippen LogP contribution in [0.5, 0.6) is 0 Å². The molecule has 1 N–H and O–H groups in total. The Balaban J connectivity index is 0.000000817. The molecule has 2 aliphatic rings. The van der Waals surface area contributed by atoms with E-state index in [1.54, 1.807) is 38.1 Å². The largest absolute Gasteiger partial charge is 0.855 e. The molecular formula is C19H26N3O5-. The van der Waals surface area contributed by atoms with Gasteiger partial charge in [-0.15, -0.1) is 6.61 Å². The minimum atomic E-state index is -1.36. The Labute approximate surface area is 159 Å². The molecule has 1 unspecified atom stereocenters. The first-order chi connectivity index (χ1) is 13.0. The number of amides is 4. The van der Waals surface area contributed by atoms with Crippen LogP contribution in [0.2, 0.25) is 0 Å². The van der Waals surface area contributed by atoms with Crippen molar-refractivity contribution < 1.29 is 24.2 Å². The van der Waals surface area contributed by atoms with Gasteiger partial charge in [0.15, 0.2) is 5.41 Å². The standard InChI is InChI=1S/C17H21N3O4.C2H5O/c1-2-17(13-6-4-3-5-7-13)14(21)18-16(23)20(15(17)22)12-19-8-10-24-11-9-19;1-2-3/h3-7H,2,8-12H2,1H3,(H,18,21,23);2H2,1H3/q;-1. The molecule has 0 aliphatic carbocycles. The number of carbonyl (C=O) groups is 3. The summed E-state index contributed by atoms with van der Waals surface area (Å²) < 4.78 is 5.29. The lowest BCUT2D eigenvalue weighted by molar-refractivity contribution is -0.361. The molecular weight excluding hydrogens is 350 g/mol. The molecule has 0 bridgehead atoms. The molecule has 148 valence electrons. The van der Waals surface area contributed by atoms with Crippen molar-refractivity contribution in [3.63, 3.8) is 0 Å². The van der Waals surface area contributed by atoms with Crippen molar-refractivity contribution in [2.24, 2.45) is 0 Å². The highest BCUT2D eigenvalue weighted by atomic mass is 16.5. The Morgan fingerprint density at radius 2 is 1.70 bits per heavy atom. The minimum Gasteiger partial charge on any atom is -0.855 e. The van der Waals surface area contributed by atoms with Gasteiger partial charge < -0.3 is 9.84 Å². The third kappa shape index (κ3) is 4.35. The van der Waals surface area contributed by atoms with Crippen LogP contribution in [-0.2, 0) is 19.7 Å². The quantitative estimate of drug-likeness (QED) is 0.746. The summed E-state index contributed by atoms with van der Waals surface area (Å²) >= 11 is 0. The first kappa shape index (κ1) is 21.0. The van der Waals surface area contributed by atoms with Crippen LogP contribution >= 0.6 is 0 Å². The molecule has 0 spiro atoms. The van der Waals surface area contributed by atoms with Crippen LogP contribution in [0.1, 0.15) is 25.8 Å². The summed E-state index contributed by atoms with van der Waals surface area (Å²) in [4.78, 5) is 41.1. The maximum Gasteiger partial charge on any atom is 0.331 e. The van der Waals surface area contributed by atoms with E-state index in [4.69, 9.17) is 9.84 Å². The van der Waals surface area contributed by atoms with Gasteiger partial charge in [-0.05, 0) is 12.0 Å². The van der Waals surface area contributed by atoms with Crippen LogP contribution < -0.4 is 10.4 Å². The highest BCUT2D eigenvalue weighted by Gasteiger charge is 2.54. The van der Waals surface area contributed by atoms with Gasteiger partial charge in [0.1, 0.15) is 0 Å². The Kier molecular flexibility index (Phi) is 7.46. The van der Waals surface area contributed by atoms with Crippen molar-refractivity contribution in [1.82, 2.24) is 15.1 Å². The third-order valence-corrected chi connectivity index (χ3v) is 4.71. The van der Waals surface area contributed by atoms with Gasteiger partial charge >= 0.3 is 6.03 Å². The summed E-state index contributed by atoms with van der Waals surface area (Å²) in [5.74, 6) is -1.01. The summed E-state index contributed by atoms with van der Waals surface area (Å²) in [5, 5.41) is 11.3. The molecule has 8 nitrogen and oxygen atoms in total. The van der Waals surface area contributed by atoms with Crippen LogP contribution in [0.15, 0.2) is 30.3 Å². The fourth-order valence-electron chi connectivity index (χ4n) is 3.26. The molecule has 2 heterocycles. The number of ether oxygens (including phenoxy) is 1. The summed E-state index contributed by atoms with van der Waals surface area (Å²) in [6, 6.07) is 8.25. The Bertz CT molecular complexity index is 661. The number of barbiturate groups is 1. The van der Waals surface area contributed by atoms with Gasteiger partial charge in [-0.1, -0.05) is 44.2 Å². The number of nitrogens with zero attached hydrogens (tertiary/aromatic N) is 2. The molecule has 3 rings (SSSR count). The second kappa shape index (κ2) is 9.59. The molecule has 1 atom stereocenters. The molecule has 1 aromatic rings. The molecule has 2 saturated heterocycles. The van der Waals surface area contributed by atoms with Gasteiger partial charge in [-0.2, -0.15) is 0 Å². The van der Waals surface area contributed by atoms with E-state index >= 15 is 0 Å². The van der Waals surface area contributed by atoms with E-state index in [1.807, 2.05) is 11.0 Å². The molecule has 0 radical (unpaired) electrons.